The number of amides is 2. The summed E-state index contributed by atoms with van der Waals surface area (Å²) in [7, 11) is 3.40. The molecule has 0 fully saturated rings. The Morgan fingerprint density at radius 1 is 1.05 bits per heavy atom. The summed E-state index contributed by atoms with van der Waals surface area (Å²) in [6.45, 7) is 0. The van der Waals surface area contributed by atoms with E-state index in [4.69, 9.17) is 0 Å². The molecule has 2 amide bonds. The quantitative estimate of drug-likeness (QED) is 0.863. The van der Waals surface area contributed by atoms with Gasteiger partial charge in [0.2, 0.25) is 5.91 Å². The molecule has 1 N–H and O–H groups in total. The standard InChI is InChI=1S/C17H18N2O2S/c1-19(2)17(21)13-7-6-8-14(11-13)18-16(20)12-22-15-9-4-3-5-10-15/h3-11H,12H2,1-2H3,(H,18,20). The fraction of sp³-hybridized carbons (Fsp3) is 0.176. The Kier molecular flexibility index (Phi) is 5.61. The van der Waals surface area contributed by atoms with Gasteiger partial charge in [-0.25, -0.2) is 0 Å². The van der Waals surface area contributed by atoms with Gasteiger partial charge in [-0.3, -0.25) is 9.59 Å². The van der Waals surface area contributed by atoms with Crippen LogP contribution in [0.15, 0.2) is 59.5 Å². The van der Waals surface area contributed by atoms with Crippen molar-refractivity contribution in [1.82, 2.24) is 4.90 Å². The predicted octanol–water partition coefficient (Wildman–Crippen LogP) is 3.12. The van der Waals surface area contributed by atoms with Crippen molar-refractivity contribution in [2.24, 2.45) is 0 Å². The van der Waals surface area contributed by atoms with Gasteiger partial charge in [-0.2, -0.15) is 0 Å². The molecule has 0 saturated carbocycles. The van der Waals surface area contributed by atoms with Gasteiger partial charge < -0.3 is 10.2 Å². The molecule has 0 aliphatic carbocycles. The van der Waals surface area contributed by atoms with Gasteiger partial charge in [0.1, 0.15) is 0 Å². The Morgan fingerprint density at radius 3 is 2.45 bits per heavy atom. The van der Waals surface area contributed by atoms with Crippen LogP contribution in [0.1, 0.15) is 10.4 Å². The van der Waals surface area contributed by atoms with E-state index in [1.807, 2.05) is 30.3 Å². The van der Waals surface area contributed by atoms with E-state index in [9.17, 15) is 9.59 Å². The molecular formula is C17H18N2O2S. The van der Waals surface area contributed by atoms with Gasteiger partial charge in [-0.1, -0.05) is 24.3 Å². The minimum absolute atomic E-state index is 0.0882. The maximum atomic E-state index is 12.0. The Balaban J connectivity index is 1.94. The molecular weight excluding hydrogens is 296 g/mol. The number of nitrogens with one attached hydrogen (secondary N) is 1. The van der Waals surface area contributed by atoms with Crippen molar-refractivity contribution in [3.63, 3.8) is 0 Å². The number of carbonyl (C=O) groups excluding carboxylic acids is 2. The van der Waals surface area contributed by atoms with Gasteiger partial charge in [0.25, 0.3) is 5.91 Å². The molecule has 22 heavy (non-hydrogen) atoms. The van der Waals surface area contributed by atoms with Crippen molar-refractivity contribution in [1.29, 1.82) is 0 Å². The fourth-order valence-corrected chi connectivity index (χ4v) is 2.57. The number of thioether (sulfide) groups is 1. The SMILES string of the molecule is CN(C)C(=O)c1cccc(NC(=O)CSc2ccccc2)c1. The highest BCUT2D eigenvalue weighted by Crippen LogP contribution is 2.18. The largest absolute Gasteiger partial charge is 0.345 e. The van der Waals surface area contributed by atoms with Crippen molar-refractivity contribution in [2.45, 2.75) is 4.90 Å². The van der Waals surface area contributed by atoms with Crippen LogP contribution in [0.5, 0.6) is 0 Å². The average molecular weight is 314 g/mol. The smallest absolute Gasteiger partial charge is 0.253 e. The topological polar surface area (TPSA) is 49.4 Å². The molecule has 0 bridgehead atoms. The number of carbonyl (C=O) groups is 2. The first-order chi connectivity index (χ1) is 10.6. The molecule has 2 aromatic carbocycles. The molecule has 0 atom stereocenters. The van der Waals surface area contributed by atoms with E-state index in [-0.39, 0.29) is 11.8 Å². The second kappa shape index (κ2) is 7.66. The maximum Gasteiger partial charge on any atom is 0.253 e. The van der Waals surface area contributed by atoms with Gasteiger partial charge in [-0.05, 0) is 30.3 Å². The molecule has 2 aromatic rings. The summed E-state index contributed by atoms with van der Waals surface area (Å²) < 4.78 is 0. The lowest BCUT2D eigenvalue weighted by Crippen LogP contribution is -2.22. The van der Waals surface area contributed by atoms with E-state index >= 15 is 0 Å². The first kappa shape index (κ1) is 16.1. The van der Waals surface area contributed by atoms with Crippen LogP contribution in [0.2, 0.25) is 0 Å². The minimum Gasteiger partial charge on any atom is -0.345 e. The monoisotopic (exact) mass is 314 g/mol. The third-order valence-corrected chi connectivity index (χ3v) is 3.92. The van der Waals surface area contributed by atoms with E-state index in [1.54, 1.807) is 38.4 Å². The highest BCUT2D eigenvalue weighted by molar-refractivity contribution is 8.00. The third-order valence-electron chi connectivity index (χ3n) is 2.91. The zero-order valence-electron chi connectivity index (χ0n) is 12.6. The highest BCUT2D eigenvalue weighted by atomic mass is 32.2. The van der Waals surface area contributed by atoms with Crippen LogP contribution in [0.4, 0.5) is 5.69 Å². The third kappa shape index (κ3) is 4.63. The fourth-order valence-electron chi connectivity index (χ4n) is 1.85. The zero-order valence-corrected chi connectivity index (χ0v) is 13.4. The molecule has 0 unspecified atom stereocenters. The maximum absolute atomic E-state index is 12.0. The number of benzene rings is 2. The highest BCUT2D eigenvalue weighted by Gasteiger charge is 2.09. The summed E-state index contributed by atoms with van der Waals surface area (Å²) in [6.07, 6.45) is 0. The number of rotatable bonds is 5. The molecule has 2 rings (SSSR count). The van der Waals surface area contributed by atoms with Crippen LogP contribution < -0.4 is 5.32 Å². The number of nitrogens with zero attached hydrogens (tertiary/aromatic N) is 1. The van der Waals surface area contributed by atoms with Gasteiger partial charge in [0.05, 0.1) is 5.75 Å². The molecule has 0 radical (unpaired) electrons. The Bertz CT molecular complexity index is 657. The van der Waals surface area contributed by atoms with Gasteiger partial charge >= 0.3 is 0 Å². The van der Waals surface area contributed by atoms with Crippen LogP contribution in [-0.2, 0) is 4.79 Å². The second-order valence-corrected chi connectivity index (χ2v) is 5.98. The molecule has 0 aliphatic rings. The number of hydrogen-bond acceptors (Lipinski definition) is 3. The van der Waals surface area contributed by atoms with Crippen molar-refractivity contribution in [2.75, 3.05) is 25.2 Å². The zero-order chi connectivity index (χ0) is 15.9. The summed E-state index contributed by atoms with van der Waals surface area (Å²) in [5, 5.41) is 2.82. The van der Waals surface area contributed by atoms with E-state index in [1.165, 1.54) is 16.7 Å². The van der Waals surface area contributed by atoms with E-state index in [0.29, 0.717) is 17.0 Å². The Hall–Kier alpha value is -2.27. The predicted molar refractivity (Wildman–Crippen MR) is 90.3 cm³/mol. The van der Waals surface area contributed by atoms with Crippen LogP contribution in [-0.4, -0.2) is 36.6 Å². The van der Waals surface area contributed by atoms with E-state index in [2.05, 4.69) is 5.32 Å². The van der Waals surface area contributed by atoms with E-state index < -0.39 is 0 Å². The van der Waals surface area contributed by atoms with Crippen molar-refractivity contribution >= 4 is 29.3 Å². The molecule has 114 valence electrons. The lowest BCUT2D eigenvalue weighted by Gasteiger charge is -2.11. The molecule has 0 aromatic heterocycles. The number of hydrogen-bond donors (Lipinski definition) is 1. The summed E-state index contributed by atoms with van der Waals surface area (Å²) in [6, 6.07) is 16.7. The molecule has 0 spiro atoms. The van der Waals surface area contributed by atoms with Gasteiger partial charge in [0, 0.05) is 30.2 Å². The van der Waals surface area contributed by atoms with Gasteiger partial charge in [-0.15, -0.1) is 11.8 Å². The molecule has 0 heterocycles. The lowest BCUT2D eigenvalue weighted by molar-refractivity contribution is -0.113. The second-order valence-electron chi connectivity index (χ2n) is 4.93. The van der Waals surface area contributed by atoms with Crippen molar-refractivity contribution in [3.05, 3.63) is 60.2 Å². The van der Waals surface area contributed by atoms with E-state index in [0.717, 1.165) is 4.90 Å². The molecule has 0 saturated heterocycles. The minimum atomic E-state index is -0.0942. The summed E-state index contributed by atoms with van der Waals surface area (Å²) in [5.74, 6) is 0.147. The van der Waals surface area contributed by atoms with Gasteiger partial charge in [0.15, 0.2) is 0 Å². The van der Waals surface area contributed by atoms with Crippen molar-refractivity contribution < 1.29 is 9.59 Å². The molecule has 5 heteroatoms. The van der Waals surface area contributed by atoms with Crippen LogP contribution in [0.3, 0.4) is 0 Å². The van der Waals surface area contributed by atoms with Crippen molar-refractivity contribution in [3.8, 4) is 0 Å². The first-order valence-corrected chi connectivity index (χ1v) is 7.84. The lowest BCUT2D eigenvalue weighted by atomic mass is 10.2. The normalized spacial score (nSPS) is 10.1. The summed E-state index contributed by atoms with van der Waals surface area (Å²) in [4.78, 5) is 26.4. The Labute approximate surface area is 134 Å². The Morgan fingerprint density at radius 2 is 1.77 bits per heavy atom. The average Bonchev–Trinajstić information content (AvgIpc) is 2.53. The number of anilines is 1. The van der Waals surface area contributed by atoms with Crippen LogP contribution in [0, 0.1) is 0 Å². The van der Waals surface area contributed by atoms with Crippen LogP contribution >= 0.6 is 11.8 Å². The van der Waals surface area contributed by atoms with Crippen LogP contribution in [0.25, 0.3) is 0 Å². The summed E-state index contributed by atoms with van der Waals surface area (Å²) in [5.41, 5.74) is 1.19. The first-order valence-electron chi connectivity index (χ1n) is 6.85. The summed E-state index contributed by atoms with van der Waals surface area (Å²) >= 11 is 1.48. The molecule has 4 nitrogen and oxygen atoms in total. The molecule has 0 aliphatic heterocycles.